The highest BCUT2D eigenvalue weighted by molar-refractivity contribution is 7.91. The fourth-order valence-corrected chi connectivity index (χ4v) is 9.36. The number of amides is 4. The van der Waals surface area contributed by atoms with E-state index in [-0.39, 0.29) is 44.0 Å². The van der Waals surface area contributed by atoms with E-state index in [0.717, 1.165) is 4.90 Å². The molecule has 3 N–H and O–H groups in total. The van der Waals surface area contributed by atoms with E-state index < -0.39 is 93.1 Å². The average Bonchev–Trinajstić information content (AvgIpc) is 4.09. The molecule has 2 aromatic rings. The summed E-state index contributed by atoms with van der Waals surface area (Å²) in [6, 6.07) is 4.20. The van der Waals surface area contributed by atoms with Crippen LogP contribution in [0.4, 0.5) is 28.2 Å². The van der Waals surface area contributed by atoms with Gasteiger partial charge in [0.15, 0.2) is 6.10 Å². The SMILES string of the molecule is COc1ccc2c(O[C@@H]3C[C@H]4C(=O)N[C@]5(C(=O)NS(=O)(=O)C6(CF)CC6)C[C@H]5/C=C\CC[C@@H](C)C[C@@H](C)[C@H](NC(=O)O[C@H](C)C(F)(F)F)C(=O)N4C3)nc(N(C)C)cc2c1. The number of rotatable bonds is 10. The van der Waals surface area contributed by atoms with Crippen molar-refractivity contribution < 1.29 is 59.4 Å². The summed E-state index contributed by atoms with van der Waals surface area (Å²) < 4.78 is 97.3. The molecule has 2 saturated carbocycles. The number of halogens is 4. The number of hydrogen-bond acceptors (Lipinski definition) is 11. The van der Waals surface area contributed by atoms with Crippen LogP contribution in [0, 0.1) is 17.8 Å². The lowest BCUT2D eigenvalue weighted by Gasteiger charge is -2.33. The van der Waals surface area contributed by atoms with E-state index in [1.807, 2.05) is 23.8 Å². The minimum absolute atomic E-state index is 0.0104. The standard InChI is InChI=1S/C40H52F4N6O9S/c1-22-9-7-8-10-26-19-39(26,36(53)48-60(55,56)38(21-41)13-14-38)47-33(51)30-18-28(59-34-29-12-11-27(57-6)16-25(29)17-31(45-34)49(4)5)20-50(30)35(52)32(23(2)15-22)46-37(54)58-24(3)40(42,43)44/h8,10-12,16-17,22-24,26,28,30,32H,7,9,13-15,18-21H2,1-6H3,(H,46,54)(H,47,51)(H,48,53)/b10-8-/t22-,23-,24-,26-,28-,30+,32+,39-/m1/s1. The lowest BCUT2D eigenvalue weighted by molar-refractivity contribution is -0.197. The number of alkyl halides is 4. The van der Waals surface area contributed by atoms with Crippen LogP contribution in [0.25, 0.3) is 10.8 Å². The van der Waals surface area contributed by atoms with E-state index in [1.165, 1.54) is 7.11 Å². The molecule has 0 spiro atoms. The summed E-state index contributed by atoms with van der Waals surface area (Å²) in [6.45, 7) is 2.78. The Morgan fingerprint density at radius 3 is 2.48 bits per heavy atom. The van der Waals surface area contributed by atoms with Crippen molar-refractivity contribution in [3.63, 3.8) is 0 Å². The molecule has 20 heteroatoms. The number of aromatic nitrogens is 1. The number of fused-ring (bicyclic) bond motifs is 3. The van der Waals surface area contributed by atoms with E-state index in [2.05, 4.69) is 20.4 Å². The monoisotopic (exact) mass is 868 g/mol. The first kappa shape index (κ1) is 44.7. The fourth-order valence-electron chi connectivity index (χ4n) is 7.93. The third kappa shape index (κ3) is 9.22. The summed E-state index contributed by atoms with van der Waals surface area (Å²) in [5.41, 5.74) is -1.77. The van der Waals surface area contributed by atoms with Crippen LogP contribution >= 0.6 is 0 Å². The van der Waals surface area contributed by atoms with Crippen LogP contribution in [0.15, 0.2) is 36.4 Å². The molecular formula is C40H52F4N6O9S. The minimum atomic E-state index is -4.87. The maximum atomic E-state index is 14.8. The predicted octanol–water partition coefficient (Wildman–Crippen LogP) is 4.54. The van der Waals surface area contributed by atoms with Crippen LogP contribution in [0.1, 0.15) is 65.7 Å². The number of allylic oxidation sites excluding steroid dienone is 1. The Kier molecular flexibility index (Phi) is 12.6. The number of nitrogens with one attached hydrogen (secondary N) is 3. The van der Waals surface area contributed by atoms with Crippen molar-refractivity contribution in [3.05, 3.63) is 36.4 Å². The quantitative estimate of drug-likeness (QED) is 0.225. The van der Waals surface area contributed by atoms with Crippen molar-refractivity contribution in [3.8, 4) is 11.6 Å². The summed E-state index contributed by atoms with van der Waals surface area (Å²) in [6.07, 6.45) is -4.95. The zero-order valence-electron chi connectivity index (χ0n) is 34.3. The first-order valence-electron chi connectivity index (χ1n) is 19.9. The second-order valence-corrected chi connectivity index (χ2v) is 18.9. The number of anilines is 1. The van der Waals surface area contributed by atoms with Gasteiger partial charge in [-0.2, -0.15) is 18.2 Å². The Labute approximate surface area is 346 Å². The summed E-state index contributed by atoms with van der Waals surface area (Å²) in [7, 11) is 0.614. The number of ether oxygens (including phenoxy) is 3. The van der Waals surface area contributed by atoms with Gasteiger partial charge in [-0.1, -0.05) is 26.0 Å². The van der Waals surface area contributed by atoms with E-state index in [0.29, 0.717) is 48.5 Å². The molecule has 2 aliphatic heterocycles. The molecule has 2 aliphatic carbocycles. The number of alkyl carbamates (subject to hydrolysis) is 1. The summed E-state index contributed by atoms with van der Waals surface area (Å²) in [5, 5.41) is 6.36. The van der Waals surface area contributed by atoms with Gasteiger partial charge in [0.1, 0.15) is 46.7 Å². The van der Waals surface area contributed by atoms with Gasteiger partial charge < -0.3 is 34.6 Å². The van der Waals surface area contributed by atoms with Gasteiger partial charge in [-0.15, -0.1) is 0 Å². The molecule has 0 bridgehead atoms. The number of hydrogen-bond donors (Lipinski definition) is 3. The molecule has 8 atom stereocenters. The Hall–Kier alpha value is -4.88. The van der Waals surface area contributed by atoms with Gasteiger partial charge >= 0.3 is 12.3 Å². The Bertz CT molecular complexity index is 2130. The van der Waals surface area contributed by atoms with Crippen molar-refractivity contribution in [2.24, 2.45) is 17.8 Å². The largest absolute Gasteiger partial charge is 0.497 e. The predicted molar refractivity (Wildman–Crippen MR) is 211 cm³/mol. The Balaban J connectivity index is 1.37. The van der Waals surface area contributed by atoms with Crippen LogP contribution < -0.4 is 29.7 Å². The van der Waals surface area contributed by atoms with Gasteiger partial charge in [-0.3, -0.25) is 19.1 Å². The third-order valence-electron chi connectivity index (χ3n) is 12.0. The first-order valence-corrected chi connectivity index (χ1v) is 21.4. The van der Waals surface area contributed by atoms with Crippen molar-refractivity contribution in [1.82, 2.24) is 25.2 Å². The molecule has 1 aromatic heterocycles. The number of pyridine rings is 1. The molecular weight excluding hydrogens is 817 g/mol. The molecule has 3 fully saturated rings. The van der Waals surface area contributed by atoms with Crippen molar-refractivity contribution in [1.29, 1.82) is 0 Å². The van der Waals surface area contributed by atoms with Gasteiger partial charge in [0, 0.05) is 31.8 Å². The highest BCUT2D eigenvalue weighted by Crippen LogP contribution is 2.48. The average molecular weight is 869 g/mol. The van der Waals surface area contributed by atoms with Crippen LogP contribution in [-0.4, -0.2) is 117 Å². The van der Waals surface area contributed by atoms with E-state index >= 15 is 0 Å². The first-order chi connectivity index (χ1) is 28.1. The lowest BCUT2D eigenvalue weighted by Crippen LogP contribution is -2.59. The van der Waals surface area contributed by atoms with Crippen molar-refractivity contribution in [2.75, 3.05) is 39.3 Å². The third-order valence-corrected chi connectivity index (χ3v) is 14.1. The highest BCUT2D eigenvalue weighted by atomic mass is 32.2. The molecule has 3 heterocycles. The van der Waals surface area contributed by atoms with Gasteiger partial charge in [0.25, 0.3) is 5.91 Å². The highest BCUT2D eigenvalue weighted by Gasteiger charge is 2.64. The van der Waals surface area contributed by atoms with Crippen LogP contribution in [0.2, 0.25) is 0 Å². The topological polar surface area (TPSA) is 186 Å². The molecule has 1 saturated heterocycles. The number of methoxy groups -OCH3 is 1. The molecule has 6 rings (SSSR count). The molecule has 0 unspecified atom stereocenters. The van der Waals surface area contributed by atoms with Gasteiger partial charge in [0.2, 0.25) is 27.7 Å². The van der Waals surface area contributed by atoms with E-state index in [9.17, 15) is 45.2 Å². The molecule has 15 nitrogen and oxygen atoms in total. The molecule has 0 radical (unpaired) electrons. The second kappa shape index (κ2) is 16.9. The molecule has 330 valence electrons. The van der Waals surface area contributed by atoms with Gasteiger partial charge in [-0.05, 0) is 86.9 Å². The zero-order chi connectivity index (χ0) is 43.9. The number of carbonyl (C=O) groups is 4. The maximum Gasteiger partial charge on any atom is 0.425 e. The summed E-state index contributed by atoms with van der Waals surface area (Å²) >= 11 is 0. The number of nitrogens with zero attached hydrogens (tertiary/aromatic N) is 3. The van der Waals surface area contributed by atoms with Crippen molar-refractivity contribution in [2.45, 2.75) is 106 Å². The van der Waals surface area contributed by atoms with Crippen LogP contribution in [0.5, 0.6) is 11.6 Å². The Morgan fingerprint density at radius 2 is 1.85 bits per heavy atom. The van der Waals surface area contributed by atoms with E-state index in [4.69, 9.17) is 9.47 Å². The number of carbonyl (C=O) groups excluding carboxylic acids is 4. The normalized spacial score (nSPS) is 29.1. The summed E-state index contributed by atoms with van der Waals surface area (Å²) in [4.78, 5) is 63.8. The summed E-state index contributed by atoms with van der Waals surface area (Å²) in [5.74, 6) is -2.85. The van der Waals surface area contributed by atoms with Crippen LogP contribution in [0.3, 0.4) is 0 Å². The van der Waals surface area contributed by atoms with E-state index in [1.54, 1.807) is 50.2 Å². The van der Waals surface area contributed by atoms with Gasteiger partial charge in [-0.25, -0.2) is 17.6 Å². The molecule has 60 heavy (non-hydrogen) atoms. The van der Waals surface area contributed by atoms with Crippen molar-refractivity contribution >= 4 is 50.4 Å². The van der Waals surface area contributed by atoms with Gasteiger partial charge in [0.05, 0.1) is 13.7 Å². The van der Waals surface area contributed by atoms with Crippen LogP contribution in [-0.2, 0) is 29.1 Å². The second-order valence-electron chi connectivity index (χ2n) is 16.8. The fraction of sp³-hybridized carbons (Fsp3) is 0.625. The lowest BCUT2D eigenvalue weighted by atomic mass is 9.88. The zero-order valence-corrected chi connectivity index (χ0v) is 35.1. The number of benzene rings is 1. The molecule has 1 aromatic carbocycles. The Morgan fingerprint density at radius 1 is 1.13 bits per heavy atom. The molecule has 4 aliphatic rings. The minimum Gasteiger partial charge on any atom is -0.497 e. The smallest absolute Gasteiger partial charge is 0.425 e. The maximum absolute atomic E-state index is 14.8. The number of sulfonamides is 1. The molecule has 4 amide bonds.